The Balaban J connectivity index is 1.72. The molecule has 1 aliphatic rings. The maximum atomic E-state index is 5.50. The first-order valence-electron chi connectivity index (χ1n) is 7.93. The van der Waals surface area contributed by atoms with Gasteiger partial charge in [-0.1, -0.05) is 24.2 Å². The first-order chi connectivity index (χ1) is 11.0. The fourth-order valence-corrected chi connectivity index (χ4v) is 2.88. The Morgan fingerprint density at radius 3 is 2.74 bits per heavy atom. The summed E-state index contributed by atoms with van der Waals surface area (Å²) in [6.45, 7) is 7.42. The van der Waals surface area contributed by atoms with Gasteiger partial charge < -0.3 is 13.8 Å². The van der Waals surface area contributed by atoms with Crippen LogP contribution in [0.5, 0.6) is 0 Å². The van der Waals surface area contributed by atoms with Gasteiger partial charge in [0, 0.05) is 20.1 Å². The maximum absolute atomic E-state index is 5.50. The lowest BCUT2D eigenvalue weighted by atomic mass is 10.1. The molecule has 0 unspecified atom stereocenters. The second kappa shape index (κ2) is 6.76. The van der Waals surface area contributed by atoms with E-state index in [1.165, 1.54) is 0 Å². The number of ether oxygens (including phenoxy) is 1. The Bertz CT molecular complexity index is 639. The molecule has 2 aromatic rings. The van der Waals surface area contributed by atoms with Crippen LogP contribution in [0.4, 0.5) is 0 Å². The summed E-state index contributed by atoms with van der Waals surface area (Å²) in [5.74, 6) is 3.11. The molecule has 0 bridgehead atoms. The minimum Gasteiger partial charge on any atom is -0.380 e. The molecule has 3 heterocycles. The van der Waals surface area contributed by atoms with E-state index in [-0.39, 0.29) is 12.1 Å². The molecule has 0 amide bonds. The van der Waals surface area contributed by atoms with Crippen LogP contribution in [0.2, 0.25) is 0 Å². The molecule has 23 heavy (non-hydrogen) atoms. The van der Waals surface area contributed by atoms with Crippen molar-refractivity contribution < 1.29 is 13.8 Å². The Hall–Kier alpha value is -1.80. The Labute approximate surface area is 135 Å². The summed E-state index contributed by atoms with van der Waals surface area (Å²) >= 11 is 0. The van der Waals surface area contributed by atoms with Crippen molar-refractivity contribution in [1.82, 2.24) is 25.2 Å². The lowest BCUT2D eigenvalue weighted by Crippen LogP contribution is -2.25. The number of aryl methyl sites for hydroxylation is 1. The quantitative estimate of drug-likeness (QED) is 0.797. The van der Waals surface area contributed by atoms with Crippen LogP contribution in [0.15, 0.2) is 9.05 Å². The summed E-state index contributed by atoms with van der Waals surface area (Å²) in [6.07, 6.45) is 1.74. The van der Waals surface area contributed by atoms with Crippen molar-refractivity contribution in [3.05, 3.63) is 23.4 Å². The zero-order chi connectivity index (χ0) is 16.4. The molecule has 0 spiro atoms. The maximum Gasteiger partial charge on any atom is 0.244 e. The summed E-state index contributed by atoms with van der Waals surface area (Å²) < 4.78 is 16.2. The summed E-state index contributed by atoms with van der Waals surface area (Å²) in [5.41, 5.74) is 0. The Kier molecular flexibility index (Phi) is 4.72. The van der Waals surface area contributed by atoms with Crippen molar-refractivity contribution in [3.63, 3.8) is 0 Å². The van der Waals surface area contributed by atoms with Gasteiger partial charge in [-0.05, 0) is 19.3 Å². The van der Waals surface area contributed by atoms with E-state index in [9.17, 15) is 0 Å². The van der Waals surface area contributed by atoms with Gasteiger partial charge in [0.2, 0.25) is 11.8 Å². The molecule has 0 radical (unpaired) electrons. The van der Waals surface area contributed by atoms with E-state index >= 15 is 0 Å². The van der Waals surface area contributed by atoms with Gasteiger partial charge in [-0.15, -0.1) is 0 Å². The van der Waals surface area contributed by atoms with Gasteiger partial charge in [0.1, 0.15) is 0 Å². The van der Waals surface area contributed by atoms with Crippen LogP contribution in [-0.4, -0.2) is 44.9 Å². The van der Waals surface area contributed by atoms with Crippen LogP contribution >= 0.6 is 0 Å². The monoisotopic (exact) mass is 321 g/mol. The first-order valence-corrected chi connectivity index (χ1v) is 7.93. The number of nitrogens with zero attached hydrogens (tertiary/aromatic N) is 5. The molecule has 2 atom stereocenters. The van der Waals surface area contributed by atoms with Gasteiger partial charge in [0.25, 0.3) is 0 Å². The molecule has 2 aromatic heterocycles. The van der Waals surface area contributed by atoms with Crippen LogP contribution in [0.1, 0.15) is 49.7 Å². The van der Waals surface area contributed by atoms with Crippen LogP contribution in [-0.2, 0) is 17.7 Å². The predicted molar refractivity (Wildman–Crippen MR) is 80.4 cm³/mol. The van der Waals surface area contributed by atoms with Crippen LogP contribution in [0.3, 0.4) is 0 Å². The molecule has 1 saturated heterocycles. The second-order valence-electron chi connectivity index (χ2n) is 6.42. The van der Waals surface area contributed by atoms with E-state index in [0.29, 0.717) is 35.9 Å². The molecule has 3 rings (SSSR count). The third-order valence-corrected chi connectivity index (χ3v) is 3.96. The Morgan fingerprint density at radius 1 is 1.26 bits per heavy atom. The molecular formula is C15H23N5O3. The number of rotatable bonds is 6. The highest BCUT2D eigenvalue weighted by Gasteiger charge is 2.37. The smallest absolute Gasteiger partial charge is 0.244 e. The first kappa shape index (κ1) is 16.1. The average molecular weight is 321 g/mol. The van der Waals surface area contributed by atoms with Crippen molar-refractivity contribution >= 4 is 0 Å². The molecule has 126 valence electrons. The summed E-state index contributed by atoms with van der Waals surface area (Å²) in [7, 11) is 1.72. The van der Waals surface area contributed by atoms with Crippen molar-refractivity contribution in [2.24, 2.45) is 5.92 Å². The molecule has 0 aromatic carbocycles. The molecule has 0 aliphatic carbocycles. The highest BCUT2D eigenvalue weighted by molar-refractivity contribution is 5.00. The second-order valence-corrected chi connectivity index (χ2v) is 6.42. The van der Waals surface area contributed by atoms with E-state index in [2.05, 4.69) is 39.0 Å². The van der Waals surface area contributed by atoms with E-state index < -0.39 is 0 Å². The summed E-state index contributed by atoms with van der Waals surface area (Å²) in [5, 5.41) is 7.97. The minimum atomic E-state index is 0.0215. The van der Waals surface area contributed by atoms with Crippen LogP contribution in [0, 0.1) is 12.8 Å². The highest BCUT2D eigenvalue weighted by Crippen LogP contribution is 2.33. The normalized spacial score (nSPS) is 22.3. The van der Waals surface area contributed by atoms with E-state index in [4.69, 9.17) is 13.8 Å². The van der Waals surface area contributed by atoms with E-state index in [0.717, 1.165) is 19.4 Å². The van der Waals surface area contributed by atoms with Gasteiger partial charge in [-0.25, -0.2) is 0 Å². The molecule has 8 nitrogen and oxygen atoms in total. The third kappa shape index (κ3) is 3.76. The minimum absolute atomic E-state index is 0.0215. The molecule has 8 heteroatoms. The number of hydrogen-bond donors (Lipinski definition) is 0. The summed E-state index contributed by atoms with van der Waals surface area (Å²) in [4.78, 5) is 11.0. The van der Waals surface area contributed by atoms with Crippen LogP contribution < -0.4 is 0 Å². The van der Waals surface area contributed by atoms with Gasteiger partial charge in [0.15, 0.2) is 11.6 Å². The fourth-order valence-electron chi connectivity index (χ4n) is 2.88. The average Bonchev–Trinajstić information content (AvgIpc) is 3.19. The van der Waals surface area contributed by atoms with Crippen molar-refractivity contribution in [2.45, 2.75) is 52.3 Å². The van der Waals surface area contributed by atoms with E-state index in [1.807, 2.05) is 6.92 Å². The van der Waals surface area contributed by atoms with Crippen molar-refractivity contribution in [2.75, 3.05) is 13.7 Å². The number of likely N-dealkylation sites (tertiary alicyclic amines) is 1. The standard InChI is InChI=1S/C15H23N5O3/c1-9(2)5-14-17-13(19-22-14)8-20-7-11(21-4)6-12(20)15-16-10(3)18-23-15/h9,11-12H,5-8H2,1-4H3/t11-,12+/m0/s1. The van der Waals surface area contributed by atoms with Crippen molar-refractivity contribution in [1.29, 1.82) is 0 Å². The third-order valence-electron chi connectivity index (χ3n) is 3.96. The molecule has 0 N–H and O–H groups in total. The number of methoxy groups -OCH3 is 1. The largest absolute Gasteiger partial charge is 0.380 e. The van der Waals surface area contributed by atoms with Gasteiger partial charge >= 0.3 is 0 Å². The zero-order valence-corrected chi connectivity index (χ0v) is 14.0. The molecule has 1 fully saturated rings. The SMILES string of the molecule is CO[C@H]1C[C@H](c2nc(C)no2)N(Cc2noc(CC(C)C)n2)C1. The topological polar surface area (TPSA) is 90.3 Å². The van der Waals surface area contributed by atoms with Gasteiger partial charge in [-0.2, -0.15) is 9.97 Å². The highest BCUT2D eigenvalue weighted by atomic mass is 16.5. The van der Waals surface area contributed by atoms with Crippen LogP contribution in [0.25, 0.3) is 0 Å². The fraction of sp³-hybridized carbons (Fsp3) is 0.733. The van der Waals surface area contributed by atoms with E-state index in [1.54, 1.807) is 7.11 Å². The van der Waals surface area contributed by atoms with Gasteiger partial charge in [0.05, 0.1) is 18.7 Å². The zero-order valence-electron chi connectivity index (χ0n) is 14.0. The molecule has 1 aliphatic heterocycles. The summed E-state index contributed by atoms with van der Waals surface area (Å²) in [6, 6.07) is 0.0215. The van der Waals surface area contributed by atoms with Gasteiger partial charge in [-0.3, -0.25) is 4.90 Å². The molecular weight excluding hydrogens is 298 g/mol. The lowest BCUT2D eigenvalue weighted by Gasteiger charge is -2.18. The van der Waals surface area contributed by atoms with Crippen molar-refractivity contribution in [3.8, 4) is 0 Å². The molecule has 0 saturated carbocycles. The lowest BCUT2D eigenvalue weighted by molar-refractivity contribution is 0.106. The number of aromatic nitrogens is 4. The number of hydrogen-bond acceptors (Lipinski definition) is 8. The predicted octanol–water partition coefficient (Wildman–Crippen LogP) is 1.92. The Morgan fingerprint density at radius 2 is 2.09 bits per heavy atom.